The number of phenolic OH excluding ortho intramolecular Hbond substituents is 1. The molecule has 0 aliphatic rings. The molecule has 3 aromatic heterocycles. The molecular weight excluding hydrogens is 470 g/mol. The Balaban J connectivity index is 1.34. The van der Waals surface area contributed by atoms with Crippen molar-refractivity contribution in [2.75, 3.05) is 5.32 Å². The van der Waals surface area contributed by atoms with Crippen LogP contribution in [0.2, 0.25) is 0 Å². The molecule has 1 amide bonds. The lowest BCUT2D eigenvalue weighted by Crippen LogP contribution is -2.19. The van der Waals surface area contributed by atoms with Crippen LogP contribution in [-0.4, -0.2) is 40.5 Å². The summed E-state index contributed by atoms with van der Waals surface area (Å²) in [5.41, 5.74) is 3.32. The first-order valence-electron chi connectivity index (χ1n) is 11.4. The predicted octanol–water partition coefficient (Wildman–Crippen LogP) is 3.78. The van der Waals surface area contributed by atoms with Crippen LogP contribution in [0.25, 0.3) is 33.2 Å². The fourth-order valence-electron chi connectivity index (χ4n) is 4.26. The normalized spacial score (nSPS) is 11.2. The van der Waals surface area contributed by atoms with Gasteiger partial charge in [-0.25, -0.2) is 9.67 Å². The van der Waals surface area contributed by atoms with Gasteiger partial charge >= 0.3 is 0 Å². The second-order valence-electron chi connectivity index (χ2n) is 8.41. The molecule has 0 aliphatic heterocycles. The number of carbonyl (C=O) groups is 1. The van der Waals surface area contributed by atoms with Gasteiger partial charge in [-0.05, 0) is 61.5 Å². The van der Waals surface area contributed by atoms with E-state index in [0.717, 1.165) is 16.6 Å². The molecule has 6 rings (SSSR count). The fraction of sp³-hybridized carbons (Fsp3) is 0.0370. The van der Waals surface area contributed by atoms with Gasteiger partial charge in [-0.3, -0.25) is 19.1 Å². The third-order valence-electron chi connectivity index (χ3n) is 6.08. The molecule has 0 aliphatic carbocycles. The van der Waals surface area contributed by atoms with Gasteiger partial charge < -0.3 is 10.4 Å². The van der Waals surface area contributed by atoms with E-state index in [-0.39, 0.29) is 17.0 Å². The van der Waals surface area contributed by atoms with Gasteiger partial charge in [-0.2, -0.15) is 0 Å². The molecule has 0 saturated carbocycles. The number of phenols is 1. The summed E-state index contributed by atoms with van der Waals surface area (Å²) in [4.78, 5) is 35.0. The summed E-state index contributed by atoms with van der Waals surface area (Å²) in [5, 5.41) is 22.1. The minimum atomic E-state index is -0.460. The summed E-state index contributed by atoms with van der Waals surface area (Å²) < 4.78 is 2.94. The maximum absolute atomic E-state index is 13.2. The van der Waals surface area contributed by atoms with Crippen LogP contribution in [0.4, 0.5) is 5.69 Å². The molecule has 10 nitrogen and oxygen atoms in total. The Hall–Kier alpha value is -5.38. The standard InChI is InChI=1S/C27H19N7O3/c1-16-25(31-32-34(16)24-9-3-8-22-20(24)7-4-12-28-22)26(36)30-17-10-11-23-21(13-17)27(37)33(15-29-23)18-5-2-6-19(35)14-18/h2-15,35H,1H3,(H,30,36). The quantitative estimate of drug-likeness (QED) is 0.386. The molecule has 6 aromatic rings. The van der Waals surface area contributed by atoms with Gasteiger partial charge in [0.1, 0.15) is 12.1 Å². The molecule has 0 unspecified atom stereocenters. The number of anilines is 1. The molecule has 0 atom stereocenters. The van der Waals surface area contributed by atoms with E-state index in [4.69, 9.17) is 0 Å². The topological polar surface area (TPSA) is 128 Å². The van der Waals surface area contributed by atoms with Crippen molar-refractivity contribution >= 4 is 33.4 Å². The lowest BCUT2D eigenvalue weighted by molar-refractivity contribution is 0.102. The van der Waals surface area contributed by atoms with Crippen LogP contribution in [0.15, 0.2) is 90.1 Å². The summed E-state index contributed by atoms with van der Waals surface area (Å²) in [7, 11) is 0. The number of hydrogen-bond donors (Lipinski definition) is 2. The first kappa shape index (κ1) is 22.1. The third kappa shape index (κ3) is 3.86. The van der Waals surface area contributed by atoms with Gasteiger partial charge in [0.05, 0.1) is 33.5 Å². The van der Waals surface area contributed by atoms with Gasteiger partial charge in [0.2, 0.25) is 0 Å². The van der Waals surface area contributed by atoms with E-state index >= 15 is 0 Å². The van der Waals surface area contributed by atoms with E-state index in [1.807, 2.05) is 30.3 Å². The van der Waals surface area contributed by atoms with E-state index in [1.165, 1.54) is 23.0 Å². The van der Waals surface area contributed by atoms with Crippen LogP contribution in [0.1, 0.15) is 16.2 Å². The summed E-state index contributed by atoms with van der Waals surface area (Å²) in [6.45, 7) is 1.77. The van der Waals surface area contributed by atoms with E-state index in [9.17, 15) is 14.7 Å². The van der Waals surface area contributed by atoms with E-state index in [2.05, 4.69) is 25.6 Å². The third-order valence-corrected chi connectivity index (χ3v) is 6.08. The summed E-state index contributed by atoms with van der Waals surface area (Å²) in [6.07, 6.45) is 3.12. The Morgan fingerprint density at radius 1 is 0.919 bits per heavy atom. The van der Waals surface area contributed by atoms with Crippen LogP contribution in [0.3, 0.4) is 0 Å². The Bertz CT molecular complexity index is 1890. The highest BCUT2D eigenvalue weighted by molar-refractivity contribution is 6.04. The van der Waals surface area contributed by atoms with E-state index in [0.29, 0.717) is 28.0 Å². The first-order chi connectivity index (χ1) is 18.0. The number of pyridine rings is 1. The molecule has 0 fully saturated rings. The number of carbonyl (C=O) groups excluding carboxylic acids is 1. The number of amides is 1. The molecule has 0 radical (unpaired) electrons. The van der Waals surface area contributed by atoms with Crippen molar-refractivity contribution < 1.29 is 9.90 Å². The number of hydrogen-bond acceptors (Lipinski definition) is 7. The maximum atomic E-state index is 13.2. The second-order valence-corrected chi connectivity index (χ2v) is 8.41. The van der Waals surface area contributed by atoms with Gasteiger partial charge in [0, 0.05) is 23.3 Å². The number of benzene rings is 3. The van der Waals surface area contributed by atoms with Crippen molar-refractivity contribution in [3.63, 3.8) is 0 Å². The minimum absolute atomic E-state index is 0.0358. The molecule has 10 heteroatoms. The van der Waals surface area contributed by atoms with Gasteiger partial charge in [0.15, 0.2) is 5.69 Å². The van der Waals surface area contributed by atoms with Crippen molar-refractivity contribution in [2.24, 2.45) is 0 Å². The molecule has 2 N–H and O–H groups in total. The zero-order valence-corrected chi connectivity index (χ0v) is 19.5. The van der Waals surface area contributed by atoms with Crippen molar-refractivity contribution in [2.45, 2.75) is 6.92 Å². The monoisotopic (exact) mass is 489 g/mol. The molecule has 0 saturated heterocycles. The molecule has 37 heavy (non-hydrogen) atoms. The second kappa shape index (κ2) is 8.68. The molecule has 0 spiro atoms. The van der Waals surface area contributed by atoms with Crippen LogP contribution in [0.5, 0.6) is 5.75 Å². The largest absolute Gasteiger partial charge is 0.508 e. The van der Waals surface area contributed by atoms with E-state index in [1.54, 1.807) is 48.1 Å². The molecule has 3 heterocycles. The molecular formula is C27H19N7O3. The lowest BCUT2D eigenvalue weighted by Gasteiger charge is -2.09. The summed E-state index contributed by atoms with van der Waals surface area (Å²) in [6, 6.07) is 20.7. The van der Waals surface area contributed by atoms with Crippen molar-refractivity contribution in [1.82, 2.24) is 29.5 Å². The fourth-order valence-corrected chi connectivity index (χ4v) is 4.26. The van der Waals surface area contributed by atoms with Crippen LogP contribution >= 0.6 is 0 Å². The van der Waals surface area contributed by atoms with Crippen LogP contribution < -0.4 is 10.9 Å². The number of nitrogens with zero attached hydrogens (tertiary/aromatic N) is 6. The van der Waals surface area contributed by atoms with Gasteiger partial charge in [0.25, 0.3) is 11.5 Å². The number of rotatable bonds is 4. The zero-order chi connectivity index (χ0) is 25.5. The summed E-state index contributed by atoms with van der Waals surface area (Å²) in [5.74, 6) is -0.424. The van der Waals surface area contributed by atoms with Crippen molar-refractivity contribution in [3.05, 3.63) is 107 Å². The Morgan fingerprint density at radius 3 is 2.62 bits per heavy atom. The number of fused-ring (bicyclic) bond motifs is 2. The number of aromatic hydroxyl groups is 1. The van der Waals surface area contributed by atoms with Crippen LogP contribution in [0, 0.1) is 6.92 Å². The predicted molar refractivity (Wildman–Crippen MR) is 138 cm³/mol. The first-order valence-corrected chi connectivity index (χ1v) is 11.4. The van der Waals surface area contributed by atoms with Crippen LogP contribution in [-0.2, 0) is 0 Å². The van der Waals surface area contributed by atoms with E-state index < -0.39 is 5.91 Å². The number of aromatic nitrogens is 6. The highest BCUT2D eigenvalue weighted by Gasteiger charge is 2.19. The Labute approximate surface area is 209 Å². The highest BCUT2D eigenvalue weighted by Crippen LogP contribution is 2.23. The summed E-state index contributed by atoms with van der Waals surface area (Å²) >= 11 is 0. The minimum Gasteiger partial charge on any atom is -0.508 e. The molecule has 180 valence electrons. The SMILES string of the molecule is Cc1c(C(=O)Nc2ccc3ncn(-c4cccc(O)c4)c(=O)c3c2)nnn1-c1cccc2ncccc12. The van der Waals surface area contributed by atoms with Crippen molar-refractivity contribution in [3.8, 4) is 17.1 Å². The number of nitrogens with one attached hydrogen (secondary N) is 1. The van der Waals surface area contributed by atoms with Crippen molar-refractivity contribution in [1.29, 1.82) is 0 Å². The van der Waals surface area contributed by atoms with Gasteiger partial charge in [-0.15, -0.1) is 5.10 Å². The van der Waals surface area contributed by atoms with Gasteiger partial charge in [-0.1, -0.05) is 17.3 Å². The average Bonchev–Trinajstić information content (AvgIpc) is 3.30. The average molecular weight is 489 g/mol. The Morgan fingerprint density at radius 2 is 1.76 bits per heavy atom. The lowest BCUT2D eigenvalue weighted by atomic mass is 10.1. The maximum Gasteiger partial charge on any atom is 0.278 e. The zero-order valence-electron chi connectivity index (χ0n) is 19.5. The smallest absolute Gasteiger partial charge is 0.278 e. The highest BCUT2D eigenvalue weighted by atomic mass is 16.3. The molecule has 3 aromatic carbocycles. The molecule has 0 bridgehead atoms. The Kier molecular flexibility index (Phi) is 5.19.